The van der Waals surface area contributed by atoms with Gasteiger partial charge in [0.2, 0.25) is 0 Å². The molecule has 0 unspecified atom stereocenters. The predicted octanol–water partition coefficient (Wildman–Crippen LogP) is 4.39. The van der Waals surface area contributed by atoms with Crippen LogP contribution in [0.1, 0.15) is 10.4 Å². The Morgan fingerprint density at radius 1 is 1.04 bits per heavy atom. The fourth-order valence-electron chi connectivity index (χ4n) is 1.78. The van der Waals surface area contributed by atoms with Gasteiger partial charge in [-0.25, -0.2) is 4.79 Å². The zero-order valence-corrected chi connectivity index (χ0v) is 14.0. The minimum atomic E-state index is -2.96. The van der Waals surface area contributed by atoms with E-state index in [1.165, 1.54) is 36.4 Å². The standard InChI is InChI=1S/C16H11Cl2F2NO4/c17-11-2-1-3-12(18)14(11)21-13(22)8-24-15(23)9-4-6-10(7-5-9)25-16(19)20/h1-7,16H,8H2,(H,21,22). The molecule has 9 heteroatoms. The van der Waals surface area contributed by atoms with Crippen LogP contribution in [0.15, 0.2) is 42.5 Å². The Labute approximate surface area is 151 Å². The molecule has 0 aliphatic rings. The third-order valence-electron chi connectivity index (χ3n) is 2.88. The Kier molecular flexibility index (Phi) is 6.55. The lowest BCUT2D eigenvalue weighted by molar-refractivity contribution is -0.119. The molecule has 0 saturated heterocycles. The summed E-state index contributed by atoms with van der Waals surface area (Å²) in [6.07, 6.45) is 0. The predicted molar refractivity (Wildman–Crippen MR) is 88.4 cm³/mol. The van der Waals surface area contributed by atoms with Crippen molar-refractivity contribution < 1.29 is 27.8 Å². The number of para-hydroxylation sites is 1. The van der Waals surface area contributed by atoms with Crippen molar-refractivity contribution in [2.75, 3.05) is 11.9 Å². The van der Waals surface area contributed by atoms with Gasteiger partial charge in [-0.2, -0.15) is 8.78 Å². The number of carbonyl (C=O) groups excluding carboxylic acids is 2. The summed E-state index contributed by atoms with van der Waals surface area (Å²) in [5.74, 6) is -1.54. The van der Waals surface area contributed by atoms with Crippen molar-refractivity contribution in [1.82, 2.24) is 0 Å². The normalized spacial score (nSPS) is 10.4. The smallest absolute Gasteiger partial charge is 0.387 e. The third kappa shape index (κ3) is 5.58. The monoisotopic (exact) mass is 389 g/mol. The van der Waals surface area contributed by atoms with Crippen molar-refractivity contribution in [1.29, 1.82) is 0 Å². The topological polar surface area (TPSA) is 64.6 Å². The second kappa shape index (κ2) is 8.64. The van der Waals surface area contributed by atoms with Crippen LogP contribution >= 0.6 is 23.2 Å². The van der Waals surface area contributed by atoms with Crippen LogP contribution in [0.4, 0.5) is 14.5 Å². The molecule has 25 heavy (non-hydrogen) atoms. The lowest BCUT2D eigenvalue weighted by atomic mass is 10.2. The Balaban J connectivity index is 1.90. The van der Waals surface area contributed by atoms with E-state index in [1.54, 1.807) is 6.07 Å². The molecule has 0 heterocycles. The highest BCUT2D eigenvalue weighted by atomic mass is 35.5. The van der Waals surface area contributed by atoms with Crippen molar-refractivity contribution in [3.8, 4) is 5.75 Å². The largest absolute Gasteiger partial charge is 0.452 e. The molecule has 0 aromatic heterocycles. The van der Waals surface area contributed by atoms with Gasteiger partial charge in [0.15, 0.2) is 6.61 Å². The molecule has 0 bridgehead atoms. The minimum Gasteiger partial charge on any atom is -0.452 e. The van der Waals surface area contributed by atoms with Gasteiger partial charge >= 0.3 is 12.6 Å². The van der Waals surface area contributed by atoms with Crippen LogP contribution in [0.5, 0.6) is 5.75 Å². The average Bonchev–Trinajstić information content (AvgIpc) is 2.56. The minimum absolute atomic E-state index is 0.0743. The molecule has 0 aliphatic carbocycles. The molecule has 5 nitrogen and oxygen atoms in total. The Morgan fingerprint density at radius 2 is 1.64 bits per heavy atom. The molecule has 0 atom stereocenters. The molecule has 0 fully saturated rings. The maximum atomic E-state index is 12.0. The van der Waals surface area contributed by atoms with Gasteiger partial charge in [0.1, 0.15) is 5.75 Å². The molecular formula is C16H11Cl2F2NO4. The summed E-state index contributed by atoms with van der Waals surface area (Å²) in [4.78, 5) is 23.6. The number of carbonyl (C=O) groups is 2. The SMILES string of the molecule is O=C(COC(=O)c1ccc(OC(F)F)cc1)Nc1c(Cl)cccc1Cl. The number of hydrogen-bond acceptors (Lipinski definition) is 4. The van der Waals surface area contributed by atoms with Crippen molar-refractivity contribution in [3.63, 3.8) is 0 Å². The molecule has 0 spiro atoms. The zero-order valence-electron chi connectivity index (χ0n) is 12.5. The highest BCUT2D eigenvalue weighted by Gasteiger charge is 2.13. The number of anilines is 1. The van der Waals surface area contributed by atoms with Crippen LogP contribution in [0.3, 0.4) is 0 Å². The lowest BCUT2D eigenvalue weighted by Crippen LogP contribution is -2.21. The van der Waals surface area contributed by atoms with E-state index in [2.05, 4.69) is 10.1 Å². The van der Waals surface area contributed by atoms with Gasteiger partial charge in [-0.15, -0.1) is 0 Å². The molecule has 0 aliphatic heterocycles. The lowest BCUT2D eigenvalue weighted by Gasteiger charge is -2.10. The maximum absolute atomic E-state index is 12.0. The van der Waals surface area contributed by atoms with Gasteiger partial charge < -0.3 is 14.8 Å². The first kappa shape index (κ1) is 19.0. The second-order valence-electron chi connectivity index (χ2n) is 4.62. The number of nitrogens with one attached hydrogen (secondary N) is 1. The van der Waals surface area contributed by atoms with Crippen LogP contribution < -0.4 is 10.1 Å². The molecule has 0 saturated carbocycles. The summed E-state index contributed by atoms with van der Waals surface area (Å²) in [7, 11) is 0. The van der Waals surface area contributed by atoms with Gasteiger partial charge in [0.05, 0.1) is 21.3 Å². The number of halogens is 4. The Bertz CT molecular complexity index is 749. The van der Waals surface area contributed by atoms with E-state index in [4.69, 9.17) is 27.9 Å². The number of hydrogen-bond donors (Lipinski definition) is 1. The molecular weight excluding hydrogens is 379 g/mol. The van der Waals surface area contributed by atoms with Crippen LogP contribution in [0.25, 0.3) is 0 Å². The Hall–Kier alpha value is -2.38. The summed E-state index contributed by atoms with van der Waals surface area (Å²) in [5.41, 5.74) is 0.283. The first-order chi connectivity index (χ1) is 11.9. The fourth-order valence-corrected chi connectivity index (χ4v) is 2.27. The van der Waals surface area contributed by atoms with E-state index in [-0.39, 0.29) is 27.0 Å². The number of amides is 1. The average molecular weight is 390 g/mol. The van der Waals surface area contributed by atoms with Crippen molar-refractivity contribution in [2.24, 2.45) is 0 Å². The summed E-state index contributed by atoms with van der Waals surface area (Å²) >= 11 is 11.8. The second-order valence-corrected chi connectivity index (χ2v) is 5.44. The summed E-state index contributed by atoms with van der Waals surface area (Å²) in [5, 5.41) is 2.91. The number of alkyl halides is 2. The van der Waals surface area contributed by atoms with Gasteiger partial charge in [0.25, 0.3) is 5.91 Å². The fraction of sp³-hybridized carbons (Fsp3) is 0.125. The third-order valence-corrected chi connectivity index (χ3v) is 3.51. The highest BCUT2D eigenvalue weighted by Crippen LogP contribution is 2.29. The van der Waals surface area contributed by atoms with Crippen molar-refractivity contribution >= 4 is 40.8 Å². The quantitative estimate of drug-likeness (QED) is 0.744. The van der Waals surface area contributed by atoms with Crippen molar-refractivity contribution in [3.05, 3.63) is 58.1 Å². The van der Waals surface area contributed by atoms with E-state index in [0.29, 0.717) is 0 Å². The van der Waals surface area contributed by atoms with Crippen LogP contribution in [0.2, 0.25) is 10.0 Å². The summed E-state index contributed by atoms with van der Waals surface area (Å²) in [6.45, 7) is -3.53. The molecule has 2 aromatic rings. The van der Waals surface area contributed by atoms with Gasteiger partial charge in [0, 0.05) is 0 Å². The molecule has 1 N–H and O–H groups in total. The van der Waals surface area contributed by atoms with E-state index in [0.717, 1.165) is 0 Å². The first-order valence-electron chi connectivity index (χ1n) is 6.82. The number of benzene rings is 2. The summed E-state index contributed by atoms with van der Waals surface area (Å²) in [6, 6.07) is 9.54. The molecule has 0 radical (unpaired) electrons. The van der Waals surface area contributed by atoms with Crippen LogP contribution in [0, 0.1) is 0 Å². The van der Waals surface area contributed by atoms with Gasteiger partial charge in [-0.1, -0.05) is 29.3 Å². The molecule has 2 rings (SSSR count). The van der Waals surface area contributed by atoms with Crippen LogP contribution in [-0.2, 0) is 9.53 Å². The molecule has 132 valence electrons. The highest BCUT2D eigenvalue weighted by molar-refractivity contribution is 6.39. The van der Waals surface area contributed by atoms with Crippen molar-refractivity contribution in [2.45, 2.75) is 6.61 Å². The van der Waals surface area contributed by atoms with Crippen LogP contribution in [-0.4, -0.2) is 25.1 Å². The molecule has 2 aromatic carbocycles. The number of ether oxygens (including phenoxy) is 2. The summed E-state index contributed by atoms with van der Waals surface area (Å²) < 4.78 is 33.1. The Morgan fingerprint density at radius 3 is 2.20 bits per heavy atom. The van der Waals surface area contributed by atoms with E-state index < -0.39 is 25.1 Å². The van der Waals surface area contributed by atoms with E-state index in [9.17, 15) is 18.4 Å². The van der Waals surface area contributed by atoms with Gasteiger partial charge in [-0.3, -0.25) is 4.79 Å². The number of esters is 1. The van der Waals surface area contributed by atoms with E-state index in [1.807, 2.05) is 0 Å². The first-order valence-corrected chi connectivity index (χ1v) is 7.58. The maximum Gasteiger partial charge on any atom is 0.387 e. The molecule has 1 amide bonds. The number of rotatable bonds is 6. The zero-order chi connectivity index (χ0) is 18.4. The van der Waals surface area contributed by atoms with E-state index >= 15 is 0 Å². The van der Waals surface area contributed by atoms with Gasteiger partial charge in [-0.05, 0) is 36.4 Å².